The number of sulfonamides is 1. The van der Waals surface area contributed by atoms with E-state index >= 15 is 0 Å². The van der Waals surface area contributed by atoms with Gasteiger partial charge in [0, 0.05) is 5.70 Å². The molecule has 0 amide bonds. The van der Waals surface area contributed by atoms with Crippen molar-refractivity contribution in [1.29, 1.82) is 0 Å². The average Bonchev–Trinajstić information content (AvgIpc) is 3.04. The van der Waals surface area contributed by atoms with Crippen molar-refractivity contribution in [1.82, 2.24) is 4.31 Å². The van der Waals surface area contributed by atoms with E-state index in [0.717, 1.165) is 15.4 Å². The van der Waals surface area contributed by atoms with E-state index in [1.165, 1.54) is 23.5 Å². The highest BCUT2D eigenvalue weighted by Crippen LogP contribution is 2.17. The van der Waals surface area contributed by atoms with Gasteiger partial charge in [-0.2, -0.15) is 0 Å². The van der Waals surface area contributed by atoms with Gasteiger partial charge in [0.25, 0.3) is 0 Å². The lowest BCUT2D eigenvalue weighted by Gasteiger charge is -2.22. The molecule has 0 N–H and O–H groups in total. The zero-order valence-corrected chi connectivity index (χ0v) is 16.0. The van der Waals surface area contributed by atoms with Crippen LogP contribution >= 0.6 is 11.3 Å². The lowest BCUT2D eigenvalue weighted by atomic mass is 10.4. The first kappa shape index (κ1) is 19.2. The highest BCUT2D eigenvalue weighted by Gasteiger charge is 2.23. The van der Waals surface area contributed by atoms with Crippen molar-refractivity contribution < 1.29 is 16.8 Å². The molecule has 0 fully saturated rings. The summed E-state index contributed by atoms with van der Waals surface area (Å²) in [7, 11) is -7.37. The number of thiophene rings is 1. The molecular weight excluding hydrogens is 378 g/mol. The predicted molar refractivity (Wildman–Crippen MR) is 100 cm³/mol. The fourth-order valence-electron chi connectivity index (χ4n) is 2.01. The van der Waals surface area contributed by atoms with E-state index in [4.69, 9.17) is 0 Å². The standard InChI is InChI=1S/C17H17NO4S3/c1-15(14-25(21,22)17-10-4-3-5-11-17)18(24(2,19)20)12-6-8-16-9-7-13-23-16/h3-5,7,9-11,13H,1,12,14H2,2H3. The molecule has 0 spiro atoms. The number of hydrogen-bond donors (Lipinski definition) is 0. The lowest BCUT2D eigenvalue weighted by molar-refractivity contribution is 0.513. The minimum absolute atomic E-state index is 0.0353. The van der Waals surface area contributed by atoms with Crippen LogP contribution in [0.2, 0.25) is 0 Å². The van der Waals surface area contributed by atoms with Gasteiger partial charge in [0.1, 0.15) is 0 Å². The average molecular weight is 396 g/mol. The van der Waals surface area contributed by atoms with E-state index in [2.05, 4.69) is 18.4 Å². The van der Waals surface area contributed by atoms with Gasteiger partial charge in [-0.3, -0.25) is 4.31 Å². The first-order chi connectivity index (χ1) is 11.7. The van der Waals surface area contributed by atoms with E-state index in [0.29, 0.717) is 0 Å². The Morgan fingerprint density at radius 1 is 1.12 bits per heavy atom. The molecule has 132 valence electrons. The van der Waals surface area contributed by atoms with Crippen LogP contribution in [0.1, 0.15) is 4.88 Å². The monoisotopic (exact) mass is 395 g/mol. The number of hydrogen-bond acceptors (Lipinski definition) is 5. The molecular formula is C17H17NO4S3. The zero-order chi connectivity index (χ0) is 18.5. The molecule has 0 unspecified atom stereocenters. The summed E-state index contributed by atoms with van der Waals surface area (Å²) in [5.41, 5.74) is -0.0353. The summed E-state index contributed by atoms with van der Waals surface area (Å²) >= 11 is 1.44. The Bertz CT molecular complexity index is 997. The highest BCUT2D eigenvalue weighted by molar-refractivity contribution is 7.91. The van der Waals surface area contributed by atoms with Gasteiger partial charge in [0.15, 0.2) is 9.84 Å². The van der Waals surface area contributed by atoms with Crippen molar-refractivity contribution in [3.8, 4) is 11.8 Å². The molecule has 5 nitrogen and oxygen atoms in total. The summed E-state index contributed by atoms with van der Waals surface area (Å²) < 4.78 is 49.7. The van der Waals surface area contributed by atoms with Gasteiger partial charge in [-0.15, -0.1) is 11.3 Å². The maximum absolute atomic E-state index is 12.4. The minimum atomic E-state index is -3.69. The molecule has 0 aliphatic rings. The predicted octanol–water partition coefficient (Wildman–Crippen LogP) is 2.35. The van der Waals surface area contributed by atoms with E-state index in [-0.39, 0.29) is 17.1 Å². The molecule has 2 aromatic rings. The molecule has 2 rings (SSSR count). The van der Waals surface area contributed by atoms with E-state index in [9.17, 15) is 16.8 Å². The van der Waals surface area contributed by atoms with Crippen LogP contribution in [0.4, 0.5) is 0 Å². The van der Waals surface area contributed by atoms with Crippen molar-refractivity contribution in [2.75, 3.05) is 18.6 Å². The molecule has 0 radical (unpaired) electrons. The zero-order valence-electron chi connectivity index (χ0n) is 13.5. The van der Waals surface area contributed by atoms with Crippen LogP contribution < -0.4 is 0 Å². The normalized spacial score (nSPS) is 11.4. The minimum Gasteiger partial charge on any atom is -0.262 e. The molecule has 1 aromatic carbocycles. The summed E-state index contributed by atoms with van der Waals surface area (Å²) in [5, 5.41) is 1.86. The quantitative estimate of drug-likeness (QED) is 0.704. The van der Waals surface area contributed by atoms with Crippen LogP contribution in [-0.2, 0) is 19.9 Å². The summed E-state index contributed by atoms with van der Waals surface area (Å²) in [6.07, 6.45) is 1.00. The fraction of sp³-hybridized carbons (Fsp3) is 0.176. The second-order valence-corrected chi connectivity index (χ2v) is 10.0. The van der Waals surface area contributed by atoms with Gasteiger partial charge in [-0.25, -0.2) is 16.8 Å². The Hall–Kier alpha value is -2.08. The van der Waals surface area contributed by atoms with Gasteiger partial charge in [-0.05, 0) is 23.6 Å². The molecule has 1 heterocycles. The van der Waals surface area contributed by atoms with Gasteiger partial charge in [0.2, 0.25) is 10.0 Å². The maximum Gasteiger partial charge on any atom is 0.232 e. The van der Waals surface area contributed by atoms with Crippen molar-refractivity contribution in [2.24, 2.45) is 0 Å². The van der Waals surface area contributed by atoms with Crippen LogP contribution in [0.15, 0.2) is 65.0 Å². The lowest BCUT2D eigenvalue weighted by Crippen LogP contribution is -2.32. The third kappa shape index (κ3) is 5.46. The third-order valence-electron chi connectivity index (χ3n) is 3.17. The summed E-state index contributed by atoms with van der Waals surface area (Å²) in [6, 6.07) is 11.5. The molecule has 25 heavy (non-hydrogen) atoms. The van der Waals surface area contributed by atoms with E-state index in [1.54, 1.807) is 18.2 Å². The maximum atomic E-state index is 12.4. The molecule has 0 bridgehead atoms. The van der Waals surface area contributed by atoms with Crippen LogP contribution in [0.5, 0.6) is 0 Å². The molecule has 0 aliphatic heterocycles. The SMILES string of the molecule is C=C(CS(=O)(=O)c1ccccc1)N(CC#Cc1cccs1)S(C)(=O)=O. The molecule has 0 aliphatic carbocycles. The van der Waals surface area contributed by atoms with E-state index < -0.39 is 25.6 Å². The third-order valence-corrected chi connectivity index (χ3v) is 6.84. The van der Waals surface area contributed by atoms with Gasteiger partial charge >= 0.3 is 0 Å². The Kier molecular flexibility index (Phi) is 6.06. The first-order valence-corrected chi connectivity index (χ1v) is 11.5. The smallest absolute Gasteiger partial charge is 0.232 e. The van der Waals surface area contributed by atoms with Crippen LogP contribution in [0, 0.1) is 11.8 Å². The second kappa shape index (κ2) is 7.87. The summed E-state index contributed by atoms with van der Waals surface area (Å²) in [6.45, 7) is 3.50. The number of rotatable bonds is 6. The van der Waals surface area contributed by atoms with Crippen molar-refractivity contribution in [2.45, 2.75) is 4.90 Å². The molecule has 1 aromatic heterocycles. The highest BCUT2D eigenvalue weighted by atomic mass is 32.2. The fourth-order valence-corrected chi connectivity index (χ4v) is 4.85. The Morgan fingerprint density at radius 2 is 1.80 bits per heavy atom. The van der Waals surface area contributed by atoms with Crippen LogP contribution in [-0.4, -0.2) is 39.7 Å². The summed E-state index contributed by atoms with van der Waals surface area (Å²) in [5.74, 6) is 5.11. The summed E-state index contributed by atoms with van der Waals surface area (Å²) in [4.78, 5) is 0.922. The molecule has 0 saturated heterocycles. The van der Waals surface area contributed by atoms with Crippen molar-refractivity contribution in [3.05, 3.63) is 65.0 Å². The number of benzene rings is 1. The van der Waals surface area contributed by atoms with Crippen molar-refractivity contribution >= 4 is 31.2 Å². The van der Waals surface area contributed by atoms with Crippen molar-refractivity contribution in [3.63, 3.8) is 0 Å². The first-order valence-electron chi connectivity index (χ1n) is 7.16. The van der Waals surface area contributed by atoms with Gasteiger partial charge in [0.05, 0.1) is 28.3 Å². The molecule has 0 atom stereocenters. The van der Waals surface area contributed by atoms with Crippen LogP contribution in [0.3, 0.4) is 0 Å². The number of nitrogens with zero attached hydrogens (tertiary/aromatic N) is 1. The Balaban J connectivity index is 2.19. The number of sulfone groups is 1. The molecule has 8 heteroatoms. The second-order valence-electron chi connectivity index (χ2n) is 5.19. The Labute approximate surface area is 152 Å². The van der Waals surface area contributed by atoms with E-state index in [1.807, 2.05) is 17.5 Å². The largest absolute Gasteiger partial charge is 0.262 e. The molecule has 0 saturated carbocycles. The van der Waals surface area contributed by atoms with Gasteiger partial charge < -0.3 is 0 Å². The topological polar surface area (TPSA) is 71.5 Å². The Morgan fingerprint density at radius 3 is 2.36 bits per heavy atom. The van der Waals surface area contributed by atoms with Crippen LogP contribution in [0.25, 0.3) is 0 Å². The van der Waals surface area contributed by atoms with Gasteiger partial charge in [-0.1, -0.05) is 42.7 Å².